The van der Waals surface area contributed by atoms with Gasteiger partial charge in [0.15, 0.2) is 0 Å². The molecule has 0 aromatic heterocycles. The Kier molecular flexibility index (Phi) is 16.5. The van der Waals surface area contributed by atoms with E-state index in [1.807, 2.05) is 12.1 Å². The van der Waals surface area contributed by atoms with E-state index in [1.54, 1.807) is 0 Å². The van der Waals surface area contributed by atoms with Crippen LogP contribution >= 0.6 is 0 Å². The van der Waals surface area contributed by atoms with E-state index in [1.165, 1.54) is 52.1 Å². The highest BCUT2D eigenvalue weighted by atomic mass is 16.6. The monoisotopic (exact) mass is 494 g/mol. The minimum atomic E-state index is -0.380. The van der Waals surface area contributed by atoms with Crippen molar-refractivity contribution >= 4 is 5.97 Å². The van der Waals surface area contributed by atoms with E-state index in [0.29, 0.717) is 70.8 Å². The van der Waals surface area contributed by atoms with Crippen LogP contribution in [0.15, 0.2) is 18.2 Å². The van der Waals surface area contributed by atoms with Crippen LogP contribution in [0.4, 0.5) is 0 Å². The molecule has 1 aromatic carbocycles. The molecule has 2 rings (SSSR count). The molecule has 0 atom stereocenters. The standard InChI is InChI=1S/C28H46O7/c1-3-4-5-6-7-8-9-10-11-24-12-13-27(26(20-24)28(29)30-2)35-23-25-21-33-18-16-31-14-15-32-17-19-34-22-25/h12-13,20,25H,3-11,14-19,21-23H2,1-2H3. The van der Waals surface area contributed by atoms with Crippen LogP contribution < -0.4 is 4.74 Å². The maximum atomic E-state index is 12.4. The molecule has 0 unspecified atom stereocenters. The van der Waals surface area contributed by atoms with Gasteiger partial charge in [-0.15, -0.1) is 0 Å². The third-order valence-corrected chi connectivity index (χ3v) is 6.07. The molecule has 1 fully saturated rings. The molecule has 1 aromatic rings. The van der Waals surface area contributed by atoms with E-state index in [0.717, 1.165) is 18.4 Å². The van der Waals surface area contributed by atoms with Gasteiger partial charge in [0.05, 0.1) is 66.6 Å². The van der Waals surface area contributed by atoms with E-state index in [-0.39, 0.29) is 11.9 Å². The molecule has 0 bridgehead atoms. The van der Waals surface area contributed by atoms with Gasteiger partial charge >= 0.3 is 5.97 Å². The molecule has 1 saturated heterocycles. The van der Waals surface area contributed by atoms with Crippen LogP contribution in [0.1, 0.15) is 74.2 Å². The summed E-state index contributed by atoms with van der Waals surface area (Å²) in [6, 6.07) is 5.85. The summed E-state index contributed by atoms with van der Waals surface area (Å²) in [5.41, 5.74) is 1.61. The molecule has 0 saturated carbocycles. The summed E-state index contributed by atoms with van der Waals surface area (Å²) in [6.45, 7) is 6.81. The van der Waals surface area contributed by atoms with Gasteiger partial charge in [-0.3, -0.25) is 0 Å². The number of carbonyl (C=O) groups excluding carboxylic acids is 1. The Hall–Kier alpha value is -1.67. The van der Waals surface area contributed by atoms with Gasteiger partial charge in [-0.2, -0.15) is 0 Å². The van der Waals surface area contributed by atoms with Crippen molar-refractivity contribution in [3.63, 3.8) is 0 Å². The third-order valence-electron chi connectivity index (χ3n) is 6.07. The predicted octanol–water partition coefficient (Wildman–Crippen LogP) is 5.23. The lowest BCUT2D eigenvalue weighted by molar-refractivity contribution is 0.00250. The number of rotatable bonds is 13. The van der Waals surface area contributed by atoms with E-state index < -0.39 is 0 Å². The Labute approximate surface area is 211 Å². The van der Waals surface area contributed by atoms with Gasteiger partial charge in [-0.05, 0) is 30.5 Å². The second kappa shape index (κ2) is 19.5. The van der Waals surface area contributed by atoms with Crippen molar-refractivity contribution in [2.75, 3.05) is 66.6 Å². The molecule has 0 spiro atoms. The lowest BCUT2D eigenvalue weighted by atomic mass is 10.0. The van der Waals surface area contributed by atoms with E-state index in [2.05, 4.69) is 13.0 Å². The maximum Gasteiger partial charge on any atom is 0.341 e. The van der Waals surface area contributed by atoms with Gasteiger partial charge in [-0.25, -0.2) is 4.79 Å². The molecule has 0 N–H and O–H groups in total. The first-order valence-electron chi connectivity index (χ1n) is 13.4. The molecule has 200 valence electrons. The number of unbranched alkanes of at least 4 members (excludes halogenated alkanes) is 7. The first-order chi connectivity index (χ1) is 17.2. The minimum absolute atomic E-state index is 0.0262. The fraction of sp³-hybridized carbons (Fsp3) is 0.750. The summed E-state index contributed by atoms with van der Waals surface area (Å²) in [4.78, 5) is 12.4. The average molecular weight is 495 g/mol. The highest BCUT2D eigenvalue weighted by molar-refractivity contribution is 5.92. The van der Waals surface area contributed by atoms with Crippen molar-refractivity contribution in [3.8, 4) is 5.75 Å². The van der Waals surface area contributed by atoms with Crippen molar-refractivity contribution in [2.24, 2.45) is 5.92 Å². The number of methoxy groups -OCH3 is 1. The van der Waals surface area contributed by atoms with Crippen LogP contribution in [0.3, 0.4) is 0 Å². The van der Waals surface area contributed by atoms with Gasteiger partial charge in [0.1, 0.15) is 11.3 Å². The van der Waals surface area contributed by atoms with Crippen molar-refractivity contribution < 1.29 is 33.2 Å². The molecule has 1 aliphatic heterocycles. The summed E-state index contributed by atoms with van der Waals surface area (Å²) < 4.78 is 33.5. The zero-order valence-electron chi connectivity index (χ0n) is 21.9. The minimum Gasteiger partial charge on any atom is -0.492 e. The van der Waals surface area contributed by atoms with Crippen molar-refractivity contribution in [2.45, 2.75) is 64.7 Å². The highest BCUT2D eigenvalue weighted by Gasteiger charge is 2.17. The fourth-order valence-electron chi connectivity index (χ4n) is 4.00. The fourth-order valence-corrected chi connectivity index (χ4v) is 4.00. The Morgan fingerprint density at radius 2 is 1.40 bits per heavy atom. The van der Waals surface area contributed by atoms with Crippen molar-refractivity contribution in [3.05, 3.63) is 29.3 Å². The highest BCUT2D eigenvalue weighted by Crippen LogP contribution is 2.23. The topological polar surface area (TPSA) is 72.5 Å². The molecule has 35 heavy (non-hydrogen) atoms. The van der Waals surface area contributed by atoms with E-state index in [9.17, 15) is 4.79 Å². The van der Waals surface area contributed by atoms with Gasteiger partial charge < -0.3 is 28.4 Å². The first-order valence-corrected chi connectivity index (χ1v) is 13.4. The number of benzene rings is 1. The Morgan fingerprint density at radius 1 is 0.829 bits per heavy atom. The molecule has 1 aliphatic rings. The molecular weight excluding hydrogens is 448 g/mol. The van der Waals surface area contributed by atoms with E-state index >= 15 is 0 Å². The van der Waals surface area contributed by atoms with Gasteiger partial charge in [-0.1, -0.05) is 57.9 Å². The quantitative estimate of drug-likeness (QED) is 0.275. The lowest BCUT2D eigenvalue weighted by Gasteiger charge is -2.19. The summed E-state index contributed by atoms with van der Waals surface area (Å²) >= 11 is 0. The first kappa shape index (κ1) is 29.6. The predicted molar refractivity (Wildman–Crippen MR) is 136 cm³/mol. The van der Waals surface area contributed by atoms with Crippen molar-refractivity contribution in [1.29, 1.82) is 0 Å². The molecule has 1 heterocycles. The molecule has 7 heteroatoms. The average Bonchev–Trinajstić information content (AvgIpc) is 2.91. The lowest BCUT2D eigenvalue weighted by Crippen LogP contribution is -2.25. The number of esters is 1. The van der Waals surface area contributed by atoms with Crippen LogP contribution in [0.25, 0.3) is 0 Å². The number of aryl methyl sites for hydroxylation is 1. The second-order valence-electron chi connectivity index (χ2n) is 9.10. The van der Waals surface area contributed by atoms with Crippen LogP contribution in [-0.2, 0) is 30.1 Å². The zero-order chi connectivity index (χ0) is 25.0. The zero-order valence-corrected chi connectivity index (χ0v) is 21.9. The SMILES string of the molecule is CCCCCCCCCCc1ccc(OCC2COCCOCCOCCOC2)c(C(=O)OC)c1. The number of hydrogen-bond acceptors (Lipinski definition) is 7. The maximum absolute atomic E-state index is 12.4. The van der Waals surface area contributed by atoms with Crippen LogP contribution in [0, 0.1) is 5.92 Å². The summed E-state index contributed by atoms with van der Waals surface area (Å²) in [5, 5.41) is 0. The number of ether oxygens (including phenoxy) is 6. The number of hydrogen-bond donors (Lipinski definition) is 0. The van der Waals surface area contributed by atoms with Gasteiger partial charge in [0, 0.05) is 5.92 Å². The molecular formula is C28H46O7. The second-order valence-corrected chi connectivity index (χ2v) is 9.10. The summed E-state index contributed by atoms with van der Waals surface area (Å²) in [5.74, 6) is 0.180. The normalized spacial score (nSPS) is 16.6. The summed E-state index contributed by atoms with van der Waals surface area (Å²) in [6.07, 6.45) is 11.2. The Bertz CT molecular complexity index is 665. The van der Waals surface area contributed by atoms with Crippen molar-refractivity contribution in [1.82, 2.24) is 0 Å². The molecule has 0 radical (unpaired) electrons. The van der Waals surface area contributed by atoms with E-state index in [4.69, 9.17) is 28.4 Å². The Balaban J connectivity index is 1.85. The van der Waals surface area contributed by atoms with Crippen LogP contribution in [-0.4, -0.2) is 72.5 Å². The Morgan fingerprint density at radius 3 is 2.00 bits per heavy atom. The number of carbonyl (C=O) groups is 1. The molecule has 0 amide bonds. The summed E-state index contributed by atoms with van der Waals surface area (Å²) in [7, 11) is 1.40. The smallest absolute Gasteiger partial charge is 0.341 e. The molecule has 7 nitrogen and oxygen atoms in total. The molecule has 0 aliphatic carbocycles. The largest absolute Gasteiger partial charge is 0.492 e. The van der Waals surface area contributed by atoms with Gasteiger partial charge in [0.25, 0.3) is 0 Å². The van der Waals surface area contributed by atoms with Crippen LogP contribution in [0.5, 0.6) is 5.75 Å². The van der Waals surface area contributed by atoms with Crippen LogP contribution in [0.2, 0.25) is 0 Å². The van der Waals surface area contributed by atoms with Gasteiger partial charge in [0.2, 0.25) is 0 Å². The third kappa shape index (κ3) is 13.3.